The van der Waals surface area contributed by atoms with Crippen LogP contribution in [-0.4, -0.2) is 20.4 Å². The lowest BCUT2D eigenvalue weighted by Gasteiger charge is -2.42. The molecule has 0 spiro atoms. The Balaban J connectivity index is 1.09. The fraction of sp³-hybridized carbons (Fsp3) is 0.204. The van der Waals surface area contributed by atoms with Gasteiger partial charge in [-0.3, -0.25) is 0 Å². The van der Waals surface area contributed by atoms with Crippen molar-refractivity contribution >= 4 is 117 Å². The molecule has 0 radical (unpaired) electrons. The first-order valence-electron chi connectivity index (χ1n) is 43.9. The van der Waals surface area contributed by atoms with Crippen molar-refractivity contribution in [2.24, 2.45) is 0 Å². The molecule has 0 atom stereocenters. The summed E-state index contributed by atoms with van der Waals surface area (Å²) >= 11 is 1.57. The number of para-hydroxylation sites is 4. The fourth-order valence-electron chi connectivity index (χ4n) is 15.9. The van der Waals surface area contributed by atoms with Crippen molar-refractivity contribution in [1.82, 2.24) is 13.7 Å². The van der Waals surface area contributed by atoms with Gasteiger partial charge in [0.15, 0.2) is 0 Å². The van der Waals surface area contributed by atoms with Gasteiger partial charge in [-0.2, -0.15) is 0 Å². The number of benzene rings is 13. The monoisotopic (exact) mass is 1380 g/mol. The van der Waals surface area contributed by atoms with Crippen LogP contribution in [-0.2, 0) is 27.1 Å². The average Bonchev–Trinajstić information content (AvgIpc) is 1.69. The highest BCUT2D eigenvalue weighted by molar-refractivity contribution is 8.00. The van der Waals surface area contributed by atoms with Crippen molar-refractivity contribution < 1.29 is 21.9 Å². The summed E-state index contributed by atoms with van der Waals surface area (Å²) in [5.74, 6) is 0. The zero-order valence-electron chi connectivity index (χ0n) is 77.4. The molecule has 0 N–H and O–H groups in total. The molecule has 0 bridgehead atoms. The molecule has 0 aliphatic carbocycles. The maximum atomic E-state index is 10.1. The van der Waals surface area contributed by atoms with Gasteiger partial charge in [0.25, 0.3) is 0 Å². The van der Waals surface area contributed by atoms with Gasteiger partial charge in [-0.15, -0.1) is 0 Å². The van der Waals surface area contributed by atoms with Crippen LogP contribution in [0.25, 0.3) is 116 Å². The largest absolute Gasteiger partial charge is 0.310 e. The molecule has 0 unspecified atom stereocenters. The van der Waals surface area contributed by atoms with Gasteiger partial charge in [0.1, 0.15) is 0 Å². The Morgan fingerprint density at radius 3 is 1.28 bits per heavy atom. The van der Waals surface area contributed by atoms with Crippen LogP contribution in [0.5, 0.6) is 0 Å². The first-order valence-corrected chi connectivity index (χ1v) is 36.8. The zero-order chi connectivity index (χ0) is 85.8. The van der Waals surface area contributed by atoms with Crippen molar-refractivity contribution in [3.8, 4) is 50.4 Å². The van der Waals surface area contributed by atoms with E-state index in [0.29, 0.717) is 27.6 Å². The molecule has 2 aliphatic heterocycles. The lowest BCUT2D eigenvalue weighted by atomic mass is 9.34. The minimum Gasteiger partial charge on any atom is -0.310 e. The Morgan fingerprint density at radius 1 is 0.317 bits per heavy atom. The van der Waals surface area contributed by atoms with Crippen molar-refractivity contribution in [2.75, 3.05) is 4.90 Å². The van der Waals surface area contributed by atoms with E-state index in [9.17, 15) is 19.2 Å². The number of nitrogens with zero attached hydrogens (tertiary/aromatic N) is 4. The third kappa shape index (κ3) is 10.5. The second-order valence-corrected chi connectivity index (χ2v) is 34.5. The third-order valence-corrected chi connectivity index (χ3v) is 22.7. The molecule has 0 fully saturated rings. The Bertz CT molecular complexity index is 6980. The molecule has 0 amide bonds. The summed E-state index contributed by atoms with van der Waals surface area (Å²) < 4.78 is 159. The molecule has 13 aromatic carbocycles. The average molecular weight is 1380 g/mol. The topological polar surface area (TPSA) is 18.0 Å². The van der Waals surface area contributed by atoms with Gasteiger partial charge in [0, 0.05) is 81.7 Å². The van der Waals surface area contributed by atoms with E-state index in [1.54, 1.807) is 20.9 Å². The molecule has 104 heavy (non-hydrogen) atoms. The number of anilines is 3. The first kappa shape index (κ1) is 50.0. The van der Waals surface area contributed by atoms with E-state index in [4.69, 9.17) is 2.74 Å². The summed E-state index contributed by atoms with van der Waals surface area (Å²) in [6.45, 7) is 32.4. The quantitative estimate of drug-likeness (QED) is 0.148. The summed E-state index contributed by atoms with van der Waals surface area (Å²) in [5.41, 5.74) is 16.5. The Morgan fingerprint density at radius 2 is 0.760 bits per heavy atom. The second kappa shape index (κ2) is 23.5. The van der Waals surface area contributed by atoms with Crippen molar-refractivity contribution in [3.05, 3.63) is 294 Å². The normalized spacial score (nSPS) is 15.6. The molecule has 510 valence electrons. The van der Waals surface area contributed by atoms with Crippen LogP contribution < -0.4 is 21.3 Å². The van der Waals surface area contributed by atoms with Gasteiger partial charge in [0.05, 0.1) is 60.7 Å². The Hall–Kier alpha value is -10.5. The molecule has 3 aromatic heterocycles. The number of hydrogen-bond donors (Lipinski definition) is 0. The predicted octanol–water partition coefficient (Wildman–Crippen LogP) is 25.2. The molecule has 2 aliphatic rings. The molecule has 18 rings (SSSR count). The van der Waals surface area contributed by atoms with E-state index in [0.717, 1.165) is 110 Å². The van der Waals surface area contributed by atoms with Gasteiger partial charge in [0.2, 0.25) is 6.71 Å². The lowest BCUT2D eigenvalue weighted by Crippen LogP contribution is -2.60. The summed E-state index contributed by atoms with van der Waals surface area (Å²) in [5, 5.41) is 1.54. The van der Waals surface area contributed by atoms with Crippen LogP contribution in [0.4, 0.5) is 17.1 Å². The smallest absolute Gasteiger partial charge is 0.249 e. The van der Waals surface area contributed by atoms with Crippen molar-refractivity contribution in [3.63, 3.8) is 0 Å². The number of hydrogen-bond acceptors (Lipinski definition) is 2. The van der Waals surface area contributed by atoms with Crippen LogP contribution in [0.2, 0.25) is 0 Å². The predicted molar refractivity (Wildman–Crippen MR) is 449 cm³/mol. The van der Waals surface area contributed by atoms with E-state index in [-0.39, 0.29) is 71.0 Å². The number of rotatable bonds is 7. The lowest BCUT2D eigenvalue weighted by molar-refractivity contribution is 0.568. The first-order chi connectivity index (χ1) is 56.4. The zero-order valence-corrected chi connectivity index (χ0v) is 62.3. The van der Waals surface area contributed by atoms with Gasteiger partial charge >= 0.3 is 0 Å². The van der Waals surface area contributed by atoms with Gasteiger partial charge in [-0.05, 0) is 179 Å². The molecular weight excluding hydrogens is 1280 g/mol. The summed E-state index contributed by atoms with van der Waals surface area (Å²) in [4.78, 5) is 3.85. The number of fused-ring (bicyclic) bond motifs is 14. The van der Waals surface area contributed by atoms with E-state index < -0.39 is 109 Å². The third-order valence-electron chi connectivity index (χ3n) is 21.5. The molecule has 5 heterocycles. The standard InChI is InChI=1S/C98H89BN4S/c1-94(2,3)64-33-27-31-62(49-64)76-55-68(98(13,14)15)56-77(63-32-28-34-65(50-63)95(4,5)6)92(76)103-87-57-69(100-81-39-23-19-35-72(81)73-36-20-24-40-82(73)100)44-45-79(87)99-80-46-48-86-90(93(80)104-89-59-71(58-88(103)91(89)99)101-83-41-25-21-37-74(83)75-38-22-26-42-84(75)101)78-51-61(60-29-17-16-18-30-60)43-47-85(78)102(86)70-53-66(96(7,8)9)52-67(54-70)97(10,11)12/h16-59H,1-15H3/i19D,20D,21D,22D,23D,24D,25D,26D,35D,36D,37D,38D,39D,40D,41D,42D. The summed E-state index contributed by atoms with van der Waals surface area (Å²) in [6, 6.07) is 51.6. The van der Waals surface area contributed by atoms with Crippen LogP contribution in [0.15, 0.2) is 276 Å². The minimum atomic E-state index is -0.716. The fourth-order valence-corrected chi connectivity index (χ4v) is 17.2. The van der Waals surface area contributed by atoms with Crippen molar-refractivity contribution in [2.45, 2.75) is 141 Å². The van der Waals surface area contributed by atoms with Crippen LogP contribution in [0.3, 0.4) is 0 Å². The maximum Gasteiger partial charge on any atom is 0.249 e. The highest BCUT2D eigenvalue weighted by Gasteiger charge is 2.45. The SMILES string of the molecule is [2H]c1c([2H])c([2H])c2c(c1[2H])c1c([2H])c([2H])c([2H])c([2H])c1n2-c1ccc2c(c1)N(c1c(-c3cccc(C(C)(C)C)c3)cc(C(C)(C)C)cc1-c1cccc(C(C)(C)C)c1)c1cc(-n3c4c([2H])c([2H])c([2H])c([2H])c4c4c([2H])c([2H])c([2H])c([2H])c43)cc3c1B2c1ccc2c(c1S3)c1cc(-c3ccccc3)ccc1n2-c1cc(C(C)(C)C)cc(C(C)(C)C)c1. The molecule has 0 saturated carbocycles. The maximum absolute atomic E-state index is 10.1. The molecule has 16 aromatic rings. The highest BCUT2D eigenvalue weighted by atomic mass is 32.2. The van der Waals surface area contributed by atoms with E-state index in [1.165, 1.54) is 0 Å². The molecule has 4 nitrogen and oxygen atoms in total. The van der Waals surface area contributed by atoms with E-state index in [2.05, 4.69) is 235 Å². The second-order valence-electron chi connectivity index (χ2n) is 33.5. The molecular formula is C98H89BN4S. The van der Waals surface area contributed by atoms with Crippen molar-refractivity contribution in [1.29, 1.82) is 0 Å². The van der Waals surface area contributed by atoms with Crippen LogP contribution in [0.1, 0.15) is 154 Å². The molecule has 0 saturated heterocycles. The Labute approximate surface area is 640 Å². The molecule has 6 heteroatoms. The Kier molecular flexibility index (Phi) is 11.3. The summed E-state index contributed by atoms with van der Waals surface area (Å²) in [6.07, 6.45) is 0. The highest BCUT2D eigenvalue weighted by Crippen LogP contribution is 2.54. The summed E-state index contributed by atoms with van der Waals surface area (Å²) in [7, 11) is 0. The van der Waals surface area contributed by atoms with E-state index >= 15 is 0 Å². The number of aromatic nitrogens is 3. The minimum absolute atomic E-state index is 0.0691. The van der Waals surface area contributed by atoms with Crippen LogP contribution >= 0.6 is 11.8 Å². The van der Waals surface area contributed by atoms with E-state index in [1.807, 2.05) is 48.5 Å². The van der Waals surface area contributed by atoms with Gasteiger partial charge < -0.3 is 18.6 Å². The van der Waals surface area contributed by atoms with Gasteiger partial charge in [-0.1, -0.05) is 297 Å². The van der Waals surface area contributed by atoms with Gasteiger partial charge in [-0.25, -0.2) is 0 Å². The van der Waals surface area contributed by atoms with Crippen LogP contribution in [0, 0.1) is 0 Å².